The number of hydrogen-bond donors (Lipinski definition) is 4. The molecule has 3 saturated heterocycles. The number of nitrogens with one attached hydrogen (secondary N) is 3. The van der Waals surface area contributed by atoms with E-state index in [4.69, 9.17) is 10.8 Å². The molecule has 0 spiro atoms. The summed E-state index contributed by atoms with van der Waals surface area (Å²) in [5.74, 6) is -1.39. The van der Waals surface area contributed by atoms with Crippen LogP contribution in [0.25, 0.3) is 11.3 Å². The first-order valence-electron chi connectivity index (χ1n) is 22.7. The van der Waals surface area contributed by atoms with E-state index in [2.05, 4.69) is 53.8 Å². The fourth-order valence-electron chi connectivity index (χ4n) is 10.2. The maximum absolute atomic E-state index is 16.1. The van der Waals surface area contributed by atoms with E-state index in [0.29, 0.717) is 49.0 Å². The van der Waals surface area contributed by atoms with Gasteiger partial charge in [-0.15, -0.1) is 0 Å². The second kappa shape index (κ2) is 17.3. The van der Waals surface area contributed by atoms with Gasteiger partial charge in [0.15, 0.2) is 0 Å². The van der Waals surface area contributed by atoms with E-state index in [1.807, 2.05) is 31.2 Å². The zero-order valence-electron chi connectivity index (χ0n) is 37.0. The van der Waals surface area contributed by atoms with Crippen LogP contribution in [0.15, 0.2) is 66.7 Å². The van der Waals surface area contributed by atoms with Crippen LogP contribution < -0.4 is 31.5 Å². The molecular formula is C49H52FN11O5. The third-order valence-corrected chi connectivity index (χ3v) is 13.9. The minimum Gasteiger partial charge on any atom is -0.372 e. The van der Waals surface area contributed by atoms with Crippen molar-refractivity contribution in [1.29, 1.82) is 0 Å². The van der Waals surface area contributed by atoms with Gasteiger partial charge in [-0.2, -0.15) is 5.10 Å². The molecule has 5 aliphatic heterocycles. The predicted octanol–water partition coefficient (Wildman–Crippen LogP) is 5.15. The Hall–Kier alpha value is -7.14. The third kappa shape index (κ3) is 8.12. The van der Waals surface area contributed by atoms with Crippen molar-refractivity contribution in [3.8, 4) is 11.3 Å². The number of nitrogens with two attached hydrogens (primary N) is 1. The Kier molecular flexibility index (Phi) is 11.2. The number of aromatic nitrogens is 3. The monoisotopic (exact) mass is 893 g/mol. The molecule has 16 nitrogen and oxygen atoms in total. The van der Waals surface area contributed by atoms with Crippen molar-refractivity contribution in [2.24, 2.45) is 11.7 Å². The summed E-state index contributed by atoms with van der Waals surface area (Å²) in [6.45, 7) is 10.8. The van der Waals surface area contributed by atoms with E-state index in [9.17, 15) is 24.0 Å². The standard InChI is InChI=1S/C49H52FN11O5/c1-28-4-3-5-40(52-28)54-47(64)35-9-10-37(43(50)29(35)2)44-42(45(51)63)46-53-38-11-7-34(24-31(38)16-19-61(46)56-44)59-22-20-57(21-23-59)26-30-14-17-58(18-15-30)33-6-8-36-32(25-33)27-60(49(36)66)39-12-13-41(62)55-48(39)65/h3-11,24-25,30,39,53H,12-23,26-27H2,1-2H3,(H2,51,63)(H,52,54,64)(H,55,62,65). The molecule has 340 valence electrons. The summed E-state index contributed by atoms with van der Waals surface area (Å²) >= 11 is 0. The van der Waals surface area contributed by atoms with Crippen LogP contribution in [0.4, 0.5) is 33.1 Å². The van der Waals surface area contributed by atoms with Crippen molar-refractivity contribution in [2.75, 3.05) is 66.2 Å². The number of rotatable bonds is 9. The van der Waals surface area contributed by atoms with Gasteiger partial charge in [-0.25, -0.2) is 14.1 Å². The molecule has 10 rings (SSSR count). The Morgan fingerprint density at radius 2 is 1.55 bits per heavy atom. The number of pyridine rings is 1. The van der Waals surface area contributed by atoms with E-state index in [1.54, 1.807) is 21.7 Å². The Bertz CT molecular complexity index is 2810. The number of carbonyl (C=O) groups excluding carboxylic acids is 5. The fraction of sp³-hybridized carbons (Fsp3) is 0.367. The van der Waals surface area contributed by atoms with Crippen LogP contribution in [-0.2, 0) is 29.1 Å². The van der Waals surface area contributed by atoms with E-state index < -0.39 is 29.6 Å². The highest BCUT2D eigenvalue weighted by Crippen LogP contribution is 2.38. The molecule has 17 heteroatoms. The van der Waals surface area contributed by atoms with Crippen molar-refractivity contribution in [3.05, 3.63) is 112 Å². The number of piperazine rings is 1. The molecule has 2 aromatic heterocycles. The van der Waals surface area contributed by atoms with Gasteiger partial charge in [0.1, 0.15) is 34.8 Å². The number of nitrogens with zero attached hydrogens (tertiary/aromatic N) is 7. The lowest BCUT2D eigenvalue weighted by Crippen LogP contribution is -2.52. The van der Waals surface area contributed by atoms with E-state index in [1.165, 1.54) is 19.1 Å². The molecule has 66 heavy (non-hydrogen) atoms. The smallest absolute Gasteiger partial charge is 0.257 e. The second-order valence-electron chi connectivity index (χ2n) is 18.1. The normalized spacial score (nSPS) is 18.9. The lowest BCUT2D eigenvalue weighted by molar-refractivity contribution is -0.136. The molecule has 3 fully saturated rings. The number of anilines is 5. The summed E-state index contributed by atoms with van der Waals surface area (Å²) in [5, 5.41) is 13.2. The Morgan fingerprint density at radius 3 is 2.29 bits per heavy atom. The number of fused-ring (bicyclic) bond motifs is 3. The largest absolute Gasteiger partial charge is 0.372 e. The van der Waals surface area contributed by atoms with Gasteiger partial charge in [0.05, 0.1) is 0 Å². The van der Waals surface area contributed by atoms with Crippen molar-refractivity contribution < 1.29 is 28.4 Å². The molecule has 7 heterocycles. The first-order valence-corrected chi connectivity index (χ1v) is 22.7. The number of piperidine rings is 2. The minimum atomic E-state index is -0.744. The average Bonchev–Trinajstić information content (AvgIpc) is 3.77. The molecule has 5 aliphatic rings. The molecule has 5 N–H and O–H groups in total. The van der Waals surface area contributed by atoms with Crippen LogP contribution >= 0.6 is 0 Å². The van der Waals surface area contributed by atoms with Crippen molar-refractivity contribution in [2.45, 2.75) is 65.1 Å². The first kappa shape index (κ1) is 42.8. The number of hydrogen-bond acceptors (Lipinski definition) is 11. The number of benzene rings is 3. The van der Waals surface area contributed by atoms with Gasteiger partial charge in [-0.3, -0.25) is 34.2 Å². The summed E-state index contributed by atoms with van der Waals surface area (Å²) in [4.78, 5) is 76.8. The van der Waals surface area contributed by atoms with Crippen LogP contribution in [0.2, 0.25) is 0 Å². The summed E-state index contributed by atoms with van der Waals surface area (Å²) in [7, 11) is 0. The van der Waals surface area contributed by atoms with E-state index in [-0.39, 0.29) is 46.2 Å². The molecule has 5 aromatic rings. The van der Waals surface area contributed by atoms with E-state index >= 15 is 4.39 Å². The average molecular weight is 894 g/mol. The van der Waals surface area contributed by atoms with Gasteiger partial charge in [0.2, 0.25) is 11.8 Å². The highest BCUT2D eigenvalue weighted by atomic mass is 19.1. The zero-order valence-corrected chi connectivity index (χ0v) is 37.0. The molecule has 1 unspecified atom stereocenters. The Labute approximate surface area is 381 Å². The van der Waals surface area contributed by atoms with Crippen molar-refractivity contribution in [1.82, 2.24) is 29.9 Å². The third-order valence-electron chi connectivity index (χ3n) is 13.9. The van der Waals surface area contributed by atoms with Gasteiger partial charge in [-0.05, 0) is 123 Å². The number of carbonyl (C=O) groups is 5. The topological polar surface area (TPSA) is 191 Å². The molecule has 1 atom stereocenters. The molecule has 5 amide bonds. The zero-order chi connectivity index (χ0) is 45.8. The second-order valence-corrected chi connectivity index (χ2v) is 18.1. The highest BCUT2D eigenvalue weighted by Gasteiger charge is 2.39. The SMILES string of the molecule is Cc1cccc(NC(=O)c2ccc(-c3nn4c(c3C(N)=O)Nc3ccc(N5CCN(CC6CCN(c7ccc8c(c7)CN(C7CCC(=O)NC7=O)C8=O)CC6)CC5)cc3CC4)c(F)c2C)n1. The number of aryl methyl sites for hydroxylation is 3. The first-order chi connectivity index (χ1) is 31.9. The molecule has 0 radical (unpaired) electrons. The molecule has 0 aliphatic carbocycles. The van der Waals surface area contributed by atoms with Crippen LogP contribution in [0.1, 0.15) is 79.1 Å². The molecule has 0 bridgehead atoms. The summed E-state index contributed by atoms with van der Waals surface area (Å²) in [6, 6.07) is 19.9. The quantitative estimate of drug-likeness (QED) is 0.143. The van der Waals surface area contributed by atoms with Gasteiger partial charge < -0.3 is 31.1 Å². The highest BCUT2D eigenvalue weighted by molar-refractivity contribution is 6.07. The summed E-state index contributed by atoms with van der Waals surface area (Å²) in [5.41, 5.74) is 12.9. The summed E-state index contributed by atoms with van der Waals surface area (Å²) < 4.78 is 17.8. The van der Waals surface area contributed by atoms with Crippen molar-refractivity contribution in [3.63, 3.8) is 0 Å². The number of amides is 5. The van der Waals surface area contributed by atoms with Gasteiger partial charge in [0, 0.05) is 105 Å². The van der Waals surface area contributed by atoms with E-state index in [0.717, 1.165) is 92.5 Å². The molecule has 0 saturated carbocycles. The minimum absolute atomic E-state index is 0.0755. The molecular weight excluding hydrogens is 842 g/mol. The van der Waals surface area contributed by atoms with Gasteiger partial charge in [-0.1, -0.05) is 6.07 Å². The van der Waals surface area contributed by atoms with Crippen LogP contribution in [0.3, 0.4) is 0 Å². The van der Waals surface area contributed by atoms with Crippen LogP contribution in [0.5, 0.6) is 0 Å². The van der Waals surface area contributed by atoms with Gasteiger partial charge in [0.25, 0.3) is 17.7 Å². The molecule has 3 aromatic carbocycles. The Morgan fingerprint density at radius 1 is 0.818 bits per heavy atom. The number of primary amides is 1. The van der Waals surface area contributed by atoms with Gasteiger partial charge >= 0.3 is 0 Å². The predicted molar refractivity (Wildman–Crippen MR) is 247 cm³/mol. The fourth-order valence-corrected chi connectivity index (χ4v) is 10.2. The van der Waals surface area contributed by atoms with Crippen molar-refractivity contribution >= 4 is 58.2 Å². The number of halogens is 1. The number of imide groups is 1. The maximum atomic E-state index is 16.1. The summed E-state index contributed by atoms with van der Waals surface area (Å²) in [6.07, 6.45) is 3.38. The lowest BCUT2D eigenvalue weighted by atomic mass is 9.95. The Balaban J connectivity index is 0.740. The van der Waals surface area contributed by atoms with Crippen LogP contribution in [-0.4, -0.2) is 106 Å². The lowest BCUT2D eigenvalue weighted by Gasteiger charge is -2.40. The maximum Gasteiger partial charge on any atom is 0.257 e. The van der Waals surface area contributed by atoms with Crippen LogP contribution in [0, 0.1) is 25.6 Å².